The van der Waals surface area contributed by atoms with Crippen LogP contribution in [0.3, 0.4) is 0 Å². The van der Waals surface area contributed by atoms with Crippen LogP contribution in [0.1, 0.15) is 25.3 Å². The molecule has 1 rings (SSSR count). The Labute approximate surface area is 91.2 Å². The molecule has 1 aromatic carbocycles. The SMILES string of the molecule is CCCCOS(=O)(=O)c1ccccc1C. The van der Waals surface area contributed by atoms with Gasteiger partial charge in [0.25, 0.3) is 10.1 Å². The van der Waals surface area contributed by atoms with Gasteiger partial charge in [-0.25, -0.2) is 0 Å². The third-order valence-electron chi connectivity index (χ3n) is 2.10. The first-order chi connectivity index (χ1) is 7.08. The second-order valence-electron chi connectivity index (χ2n) is 3.40. The van der Waals surface area contributed by atoms with E-state index >= 15 is 0 Å². The molecule has 0 N–H and O–H groups in total. The van der Waals surface area contributed by atoms with E-state index in [-0.39, 0.29) is 11.5 Å². The van der Waals surface area contributed by atoms with Gasteiger partial charge in [-0.15, -0.1) is 0 Å². The van der Waals surface area contributed by atoms with E-state index in [2.05, 4.69) is 0 Å². The van der Waals surface area contributed by atoms with Crippen LogP contribution in [0.25, 0.3) is 0 Å². The van der Waals surface area contributed by atoms with Crippen molar-refractivity contribution in [2.45, 2.75) is 31.6 Å². The third kappa shape index (κ3) is 3.32. The zero-order valence-corrected chi connectivity index (χ0v) is 9.88. The fourth-order valence-electron chi connectivity index (χ4n) is 1.21. The van der Waals surface area contributed by atoms with Crippen LogP contribution in [0.5, 0.6) is 0 Å². The number of rotatable bonds is 5. The Morgan fingerprint density at radius 3 is 2.53 bits per heavy atom. The molecule has 0 radical (unpaired) electrons. The quantitative estimate of drug-likeness (QED) is 0.574. The molecule has 0 heterocycles. The summed E-state index contributed by atoms with van der Waals surface area (Å²) in [6, 6.07) is 6.83. The highest BCUT2D eigenvalue weighted by Gasteiger charge is 2.16. The first-order valence-electron chi connectivity index (χ1n) is 5.03. The van der Waals surface area contributed by atoms with Gasteiger partial charge in [0.2, 0.25) is 0 Å². The Kier molecular flexibility index (Phi) is 4.29. The molecule has 0 unspecified atom stereocenters. The van der Waals surface area contributed by atoms with Crippen LogP contribution < -0.4 is 0 Å². The van der Waals surface area contributed by atoms with Crippen LogP contribution in [-0.4, -0.2) is 15.0 Å². The maximum Gasteiger partial charge on any atom is 0.297 e. The van der Waals surface area contributed by atoms with Gasteiger partial charge < -0.3 is 0 Å². The van der Waals surface area contributed by atoms with Gasteiger partial charge in [-0.1, -0.05) is 31.5 Å². The van der Waals surface area contributed by atoms with E-state index < -0.39 is 10.1 Å². The molecule has 84 valence electrons. The van der Waals surface area contributed by atoms with Crippen LogP contribution in [0.15, 0.2) is 29.2 Å². The van der Waals surface area contributed by atoms with Gasteiger partial charge >= 0.3 is 0 Å². The number of unbranched alkanes of at least 4 members (excludes halogenated alkanes) is 1. The summed E-state index contributed by atoms with van der Waals surface area (Å²) in [4.78, 5) is 0.265. The van der Waals surface area contributed by atoms with Crippen LogP contribution >= 0.6 is 0 Å². The number of benzene rings is 1. The van der Waals surface area contributed by atoms with Crippen molar-refractivity contribution < 1.29 is 12.6 Å². The smallest absolute Gasteiger partial charge is 0.266 e. The van der Waals surface area contributed by atoms with Crippen molar-refractivity contribution in [1.82, 2.24) is 0 Å². The van der Waals surface area contributed by atoms with Crippen molar-refractivity contribution in [3.8, 4) is 0 Å². The maximum atomic E-state index is 11.7. The van der Waals surface area contributed by atoms with Gasteiger partial charge in [-0.2, -0.15) is 8.42 Å². The largest absolute Gasteiger partial charge is 0.297 e. The molecule has 0 aliphatic carbocycles. The topological polar surface area (TPSA) is 43.4 Å². The van der Waals surface area contributed by atoms with Crippen molar-refractivity contribution in [2.24, 2.45) is 0 Å². The second kappa shape index (κ2) is 5.28. The van der Waals surface area contributed by atoms with Gasteiger partial charge in [0, 0.05) is 0 Å². The van der Waals surface area contributed by atoms with Gasteiger partial charge in [-0.05, 0) is 25.0 Å². The minimum Gasteiger partial charge on any atom is -0.266 e. The molecule has 4 heteroatoms. The van der Waals surface area contributed by atoms with Gasteiger partial charge in [0.05, 0.1) is 11.5 Å². The molecule has 0 bridgehead atoms. The lowest BCUT2D eigenvalue weighted by Gasteiger charge is -2.07. The van der Waals surface area contributed by atoms with E-state index in [1.807, 2.05) is 6.92 Å². The molecular formula is C11H16O3S. The summed E-state index contributed by atoms with van der Waals surface area (Å²) in [5.41, 5.74) is 0.717. The molecule has 0 fully saturated rings. The summed E-state index contributed by atoms with van der Waals surface area (Å²) in [7, 11) is -3.56. The molecule has 0 saturated carbocycles. The summed E-state index contributed by atoms with van der Waals surface area (Å²) in [5.74, 6) is 0. The van der Waals surface area contributed by atoms with Crippen LogP contribution in [0.4, 0.5) is 0 Å². The molecule has 0 spiro atoms. The molecule has 3 nitrogen and oxygen atoms in total. The molecule has 15 heavy (non-hydrogen) atoms. The minimum absolute atomic E-state index is 0.257. The van der Waals surface area contributed by atoms with E-state index in [0.29, 0.717) is 5.56 Å². The van der Waals surface area contributed by atoms with Gasteiger partial charge in [0.1, 0.15) is 0 Å². The fraction of sp³-hybridized carbons (Fsp3) is 0.455. The average molecular weight is 228 g/mol. The summed E-state index contributed by atoms with van der Waals surface area (Å²) in [6.07, 6.45) is 1.68. The molecule has 0 saturated heterocycles. The molecule has 0 amide bonds. The summed E-state index contributed by atoms with van der Waals surface area (Å²) in [5, 5.41) is 0. The zero-order chi connectivity index (χ0) is 11.3. The molecule has 1 aromatic rings. The molecule has 0 aliphatic heterocycles. The highest BCUT2D eigenvalue weighted by atomic mass is 32.2. The summed E-state index contributed by atoms with van der Waals surface area (Å²) < 4.78 is 28.3. The predicted octanol–water partition coefficient (Wildman–Crippen LogP) is 2.50. The molecule has 0 aromatic heterocycles. The lowest BCUT2D eigenvalue weighted by atomic mass is 10.2. The van der Waals surface area contributed by atoms with E-state index in [1.165, 1.54) is 0 Å². The summed E-state index contributed by atoms with van der Waals surface area (Å²) >= 11 is 0. The molecule has 0 aliphatic rings. The Hall–Kier alpha value is -0.870. The number of hydrogen-bond acceptors (Lipinski definition) is 3. The van der Waals surface area contributed by atoms with Crippen molar-refractivity contribution in [3.63, 3.8) is 0 Å². The average Bonchev–Trinajstić information content (AvgIpc) is 2.18. The Balaban J connectivity index is 2.83. The summed E-state index contributed by atoms with van der Waals surface area (Å²) in [6.45, 7) is 4.01. The third-order valence-corrected chi connectivity index (χ3v) is 3.57. The number of hydrogen-bond donors (Lipinski definition) is 0. The van der Waals surface area contributed by atoms with Crippen LogP contribution in [0, 0.1) is 6.92 Å². The Morgan fingerprint density at radius 2 is 1.93 bits per heavy atom. The normalized spacial score (nSPS) is 11.6. The van der Waals surface area contributed by atoms with Crippen molar-refractivity contribution >= 4 is 10.1 Å². The standard InChI is InChI=1S/C11H16O3S/c1-3-4-9-14-15(12,13)11-8-6-5-7-10(11)2/h5-8H,3-4,9H2,1-2H3. The maximum absolute atomic E-state index is 11.7. The van der Waals surface area contributed by atoms with E-state index in [9.17, 15) is 8.42 Å². The highest BCUT2D eigenvalue weighted by molar-refractivity contribution is 7.86. The van der Waals surface area contributed by atoms with Crippen molar-refractivity contribution in [3.05, 3.63) is 29.8 Å². The van der Waals surface area contributed by atoms with Crippen molar-refractivity contribution in [2.75, 3.05) is 6.61 Å². The molecular weight excluding hydrogens is 212 g/mol. The monoisotopic (exact) mass is 228 g/mol. The first kappa shape index (κ1) is 12.2. The Bertz CT molecular complexity index is 410. The van der Waals surface area contributed by atoms with E-state index in [0.717, 1.165) is 12.8 Å². The minimum atomic E-state index is -3.56. The fourth-order valence-corrected chi connectivity index (χ4v) is 2.39. The lowest BCUT2D eigenvalue weighted by molar-refractivity contribution is 0.310. The first-order valence-corrected chi connectivity index (χ1v) is 6.44. The van der Waals surface area contributed by atoms with Crippen LogP contribution in [-0.2, 0) is 14.3 Å². The van der Waals surface area contributed by atoms with Gasteiger partial charge in [0.15, 0.2) is 0 Å². The highest BCUT2D eigenvalue weighted by Crippen LogP contribution is 2.16. The van der Waals surface area contributed by atoms with E-state index in [1.54, 1.807) is 31.2 Å². The van der Waals surface area contributed by atoms with Crippen molar-refractivity contribution in [1.29, 1.82) is 0 Å². The lowest BCUT2D eigenvalue weighted by Crippen LogP contribution is -2.08. The number of aryl methyl sites for hydroxylation is 1. The predicted molar refractivity (Wildman–Crippen MR) is 59.2 cm³/mol. The zero-order valence-electron chi connectivity index (χ0n) is 9.06. The Morgan fingerprint density at radius 1 is 1.27 bits per heavy atom. The van der Waals surface area contributed by atoms with Gasteiger partial charge in [-0.3, -0.25) is 4.18 Å². The van der Waals surface area contributed by atoms with E-state index in [4.69, 9.17) is 4.18 Å². The van der Waals surface area contributed by atoms with Crippen LogP contribution in [0.2, 0.25) is 0 Å². The molecule has 0 atom stereocenters. The second-order valence-corrected chi connectivity index (χ2v) is 4.98.